The Hall–Kier alpha value is -1.43. The minimum Gasteiger partial charge on any atom is -0.481 e. The van der Waals surface area contributed by atoms with Gasteiger partial charge in [0.2, 0.25) is 5.91 Å². The second kappa shape index (κ2) is 7.23. The van der Waals surface area contributed by atoms with Crippen molar-refractivity contribution in [2.45, 2.75) is 32.2 Å². The zero-order chi connectivity index (χ0) is 14.4. The van der Waals surface area contributed by atoms with E-state index in [4.69, 9.17) is 5.11 Å². The molecule has 104 valence electrons. The van der Waals surface area contributed by atoms with E-state index in [0.29, 0.717) is 17.3 Å². The van der Waals surface area contributed by atoms with Crippen LogP contribution in [0.3, 0.4) is 0 Å². The fraction of sp³-hybridized carbons (Fsp3) is 0.385. The molecule has 1 aromatic rings. The Morgan fingerprint density at radius 3 is 2.68 bits per heavy atom. The average Bonchev–Trinajstić information content (AvgIpc) is 2.28. The van der Waals surface area contributed by atoms with Crippen LogP contribution in [0.1, 0.15) is 25.3 Å². The number of carbonyl (C=O) groups excluding carboxylic acids is 1. The Kier molecular flexibility index (Phi) is 5.95. The van der Waals surface area contributed by atoms with E-state index in [0.717, 1.165) is 5.56 Å². The van der Waals surface area contributed by atoms with E-state index in [1.165, 1.54) is 19.1 Å². The summed E-state index contributed by atoms with van der Waals surface area (Å²) >= 11 is 3.25. The van der Waals surface area contributed by atoms with Crippen molar-refractivity contribution in [3.8, 4) is 0 Å². The molecule has 2 N–H and O–H groups in total. The number of amides is 1. The van der Waals surface area contributed by atoms with Crippen LogP contribution in [-0.2, 0) is 16.0 Å². The van der Waals surface area contributed by atoms with Crippen LogP contribution in [0.4, 0.5) is 4.39 Å². The maximum atomic E-state index is 13.0. The van der Waals surface area contributed by atoms with Gasteiger partial charge in [-0.25, -0.2) is 4.39 Å². The van der Waals surface area contributed by atoms with Gasteiger partial charge in [0.05, 0.1) is 0 Å². The molecule has 0 fully saturated rings. The summed E-state index contributed by atoms with van der Waals surface area (Å²) in [4.78, 5) is 21.7. The van der Waals surface area contributed by atoms with Crippen molar-refractivity contribution < 1.29 is 19.1 Å². The number of rotatable bonds is 6. The van der Waals surface area contributed by atoms with Crippen molar-refractivity contribution in [3.05, 3.63) is 34.1 Å². The van der Waals surface area contributed by atoms with Crippen molar-refractivity contribution in [1.82, 2.24) is 5.32 Å². The van der Waals surface area contributed by atoms with E-state index >= 15 is 0 Å². The van der Waals surface area contributed by atoms with Gasteiger partial charge in [-0.15, -0.1) is 0 Å². The van der Waals surface area contributed by atoms with Gasteiger partial charge in [0.25, 0.3) is 0 Å². The predicted molar refractivity (Wildman–Crippen MR) is 72.3 cm³/mol. The summed E-state index contributed by atoms with van der Waals surface area (Å²) in [5.41, 5.74) is 0.825. The van der Waals surface area contributed by atoms with Gasteiger partial charge in [0.15, 0.2) is 0 Å². The first-order valence-corrected chi connectivity index (χ1v) is 6.60. The molecule has 0 radical (unpaired) electrons. The molecule has 1 aromatic carbocycles. The second-order valence-corrected chi connectivity index (χ2v) is 5.12. The van der Waals surface area contributed by atoms with Crippen LogP contribution in [0.25, 0.3) is 0 Å². The normalized spacial score (nSPS) is 11.9. The van der Waals surface area contributed by atoms with Crippen LogP contribution in [-0.4, -0.2) is 23.0 Å². The van der Waals surface area contributed by atoms with E-state index < -0.39 is 5.97 Å². The molecule has 0 heterocycles. The standard InChI is InChI=1S/C13H15BrFNO3/c1-8(17)16-11(4-5-13(18)19)6-9-2-3-10(15)7-12(9)14/h2-3,7,11H,4-6H2,1H3,(H,16,17)(H,18,19). The summed E-state index contributed by atoms with van der Waals surface area (Å²) in [5.74, 6) is -1.47. The summed E-state index contributed by atoms with van der Waals surface area (Å²) < 4.78 is 13.6. The Morgan fingerprint density at radius 2 is 2.16 bits per heavy atom. The maximum absolute atomic E-state index is 13.0. The van der Waals surface area contributed by atoms with E-state index in [-0.39, 0.29) is 24.2 Å². The Balaban J connectivity index is 2.74. The van der Waals surface area contributed by atoms with Crippen molar-refractivity contribution >= 4 is 27.8 Å². The molecule has 0 aromatic heterocycles. The van der Waals surface area contributed by atoms with E-state index in [9.17, 15) is 14.0 Å². The molecule has 4 nitrogen and oxygen atoms in total. The number of hydrogen-bond acceptors (Lipinski definition) is 2. The fourth-order valence-corrected chi connectivity index (χ4v) is 2.28. The largest absolute Gasteiger partial charge is 0.481 e. The zero-order valence-electron chi connectivity index (χ0n) is 10.5. The van der Waals surface area contributed by atoms with E-state index in [1.807, 2.05) is 0 Å². The Labute approximate surface area is 119 Å². The van der Waals surface area contributed by atoms with Crippen molar-refractivity contribution in [2.24, 2.45) is 0 Å². The van der Waals surface area contributed by atoms with Gasteiger partial charge in [0.1, 0.15) is 5.82 Å². The molecule has 1 atom stereocenters. The van der Waals surface area contributed by atoms with Gasteiger partial charge >= 0.3 is 5.97 Å². The Morgan fingerprint density at radius 1 is 1.47 bits per heavy atom. The van der Waals surface area contributed by atoms with Gasteiger partial charge in [-0.1, -0.05) is 22.0 Å². The molecule has 0 spiro atoms. The lowest BCUT2D eigenvalue weighted by molar-refractivity contribution is -0.137. The second-order valence-electron chi connectivity index (χ2n) is 4.27. The highest BCUT2D eigenvalue weighted by Crippen LogP contribution is 2.20. The molecule has 0 aliphatic rings. The summed E-state index contributed by atoms with van der Waals surface area (Å²) in [7, 11) is 0. The fourth-order valence-electron chi connectivity index (χ4n) is 1.76. The number of nitrogens with one attached hydrogen (secondary N) is 1. The molecule has 0 saturated carbocycles. The van der Waals surface area contributed by atoms with E-state index in [2.05, 4.69) is 21.2 Å². The van der Waals surface area contributed by atoms with Gasteiger partial charge in [-0.05, 0) is 30.5 Å². The summed E-state index contributed by atoms with van der Waals surface area (Å²) in [6.45, 7) is 1.38. The summed E-state index contributed by atoms with van der Waals surface area (Å²) in [6.07, 6.45) is 0.760. The van der Waals surface area contributed by atoms with Gasteiger partial charge in [-0.3, -0.25) is 9.59 Å². The number of aliphatic carboxylic acids is 1. The quantitative estimate of drug-likeness (QED) is 0.841. The van der Waals surface area contributed by atoms with E-state index in [1.54, 1.807) is 6.07 Å². The van der Waals surface area contributed by atoms with Gasteiger partial charge in [0, 0.05) is 23.9 Å². The number of benzene rings is 1. The molecule has 0 saturated heterocycles. The summed E-state index contributed by atoms with van der Waals surface area (Å²) in [6, 6.07) is 4.02. The molecule has 1 rings (SSSR count). The minimum atomic E-state index is -0.909. The van der Waals surface area contributed by atoms with Crippen LogP contribution >= 0.6 is 15.9 Å². The molecule has 19 heavy (non-hydrogen) atoms. The molecule has 1 unspecified atom stereocenters. The molecule has 6 heteroatoms. The highest BCUT2D eigenvalue weighted by molar-refractivity contribution is 9.10. The first kappa shape index (κ1) is 15.6. The zero-order valence-corrected chi connectivity index (χ0v) is 12.0. The predicted octanol–water partition coefficient (Wildman–Crippen LogP) is 2.50. The average molecular weight is 332 g/mol. The van der Waals surface area contributed by atoms with Gasteiger partial charge < -0.3 is 10.4 Å². The third-order valence-electron chi connectivity index (χ3n) is 2.60. The monoisotopic (exact) mass is 331 g/mol. The van der Waals surface area contributed by atoms with Gasteiger partial charge in [-0.2, -0.15) is 0 Å². The number of halogens is 2. The number of carboxylic acid groups (broad SMARTS) is 1. The molecule has 0 aliphatic carbocycles. The molecular formula is C13H15BrFNO3. The molecular weight excluding hydrogens is 317 g/mol. The molecule has 1 amide bonds. The smallest absolute Gasteiger partial charge is 0.303 e. The maximum Gasteiger partial charge on any atom is 0.303 e. The van der Waals surface area contributed by atoms with Crippen LogP contribution in [0.15, 0.2) is 22.7 Å². The molecule has 0 bridgehead atoms. The lowest BCUT2D eigenvalue weighted by atomic mass is 10.0. The number of carbonyl (C=O) groups is 2. The third kappa shape index (κ3) is 5.83. The highest BCUT2D eigenvalue weighted by Gasteiger charge is 2.14. The molecule has 0 aliphatic heterocycles. The Bertz CT molecular complexity index is 479. The first-order valence-electron chi connectivity index (χ1n) is 5.81. The minimum absolute atomic E-state index is 0.0240. The number of carboxylic acids is 1. The van der Waals surface area contributed by atoms with Crippen LogP contribution in [0.2, 0.25) is 0 Å². The summed E-state index contributed by atoms with van der Waals surface area (Å²) in [5, 5.41) is 11.4. The lowest BCUT2D eigenvalue weighted by Gasteiger charge is -2.18. The van der Waals surface area contributed by atoms with Crippen molar-refractivity contribution in [1.29, 1.82) is 0 Å². The van der Waals surface area contributed by atoms with Crippen LogP contribution < -0.4 is 5.32 Å². The van der Waals surface area contributed by atoms with Crippen LogP contribution in [0, 0.1) is 5.82 Å². The SMILES string of the molecule is CC(=O)NC(CCC(=O)O)Cc1ccc(F)cc1Br. The van der Waals surface area contributed by atoms with Crippen molar-refractivity contribution in [3.63, 3.8) is 0 Å². The lowest BCUT2D eigenvalue weighted by Crippen LogP contribution is -2.35. The highest BCUT2D eigenvalue weighted by atomic mass is 79.9. The third-order valence-corrected chi connectivity index (χ3v) is 3.33. The first-order chi connectivity index (χ1) is 8.88. The van der Waals surface area contributed by atoms with Crippen LogP contribution in [0.5, 0.6) is 0 Å². The number of hydrogen-bond donors (Lipinski definition) is 2. The van der Waals surface area contributed by atoms with Crippen molar-refractivity contribution in [2.75, 3.05) is 0 Å². The topological polar surface area (TPSA) is 66.4 Å².